The van der Waals surface area contributed by atoms with E-state index in [0.29, 0.717) is 15.8 Å². The zero-order valence-electron chi connectivity index (χ0n) is 10.9. The van der Waals surface area contributed by atoms with E-state index in [9.17, 15) is 4.79 Å². The predicted octanol–water partition coefficient (Wildman–Crippen LogP) is 3.49. The Morgan fingerprint density at radius 1 is 1.32 bits per heavy atom. The normalized spacial score (nSPS) is 17.4. The maximum Gasteiger partial charge on any atom is 0.273 e. The predicted molar refractivity (Wildman–Crippen MR) is 83.2 cm³/mol. The molecular weight excluding hydrogens is 278 g/mol. The maximum atomic E-state index is 12.2. The highest BCUT2D eigenvalue weighted by Gasteiger charge is 2.33. The fourth-order valence-electron chi connectivity index (χ4n) is 1.71. The average Bonchev–Trinajstić information content (AvgIpc) is 2.71. The molecule has 0 spiro atoms. The van der Waals surface area contributed by atoms with E-state index in [4.69, 9.17) is 17.0 Å². The Morgan fingerprint density at radius 2 is 2.00 bits per heavy atom. The van der Waals surface area contributed by atoms with Crippen LogP contribution in [0.5, 0.6) is 0 Å². The Hall–Kier alpha value is -1.33. The molecule has 1 fully saturated rings. The molecule has 1 amide bonds. The lowest BCUT2D eigenvalue weighted by Crippen LogP contribution is -2.27. The van der Waals surface area contributed by atoms with Crippen LogP contribution >= 0.6 is 24.0 Å². The van der Waals surface area contributed by atoms with Gasteiger partial charge in [-0.1, -0.05) is 43.0 Å². The summed E-state index contributed by atoms with van der Waals surface area (Å²) in [5.74, 6) is -0.118. The molecule has 0 saturated carbocycles. The summed E-state index contributed by atoms with van der Waals surface area (Å²) in [6.45, 7) is 4.51. The highest BCUT2D eigenvalue weighted by atomic mass is 32.2. The smallest absolute Gasteiger partial charge is 0.273 e. The number of carbonyl (C=O) groups excluding carboxylic acids is 1. The Bertz CT molecular complexity index is 523. The van der Waals surface area contributed by atoms with Gasteiger partial charge in [-0.15, -0.1) is 0 Å². The molecule has 0 atom stereocenters. The largest absolute Gasteiger partial charge is 0.500 e. The summed E-state index contributed by atoms with van der Waals surface area (Å²) in [5, 5.41) is 0. The zero-order chi connectivity index (χ0) is 13.8. The fraction of sp³-hybridized carbons (Fsp3) is 0.286. The van der Waals surface area contributed by atoms with Gasteiger partial charge in [0.05, 0.1) is 12.3 Å². The third-order valence-corrected chi connectivity index (χ3v) is 4.03. The summed E-state index contributed by atoms with van der Waals surface area (Å²) < 4.78 is 5.71. The molecule has 19 heavy (non-hydrogen) atoms. The fourth-order valence-corrected chi connectivity index (χ4v) is 2.93. The van der Waals surface area contributed by atoms with Gasteiger partial charge in [0, 0.05) is 0 Å². The number of rotatable bonds is 4. The number of benzene rings is 1. The minimum absolute atomic E-state index is 0.118. The standard InChI is InChI=1S/C14H15NO2S2/c1-3-10-5-7-11(8-6-10)15-13(16)12(9-17-4-2)19-14(15)18/h5-9H,3-4H2,1-2H3/b12-9+. The summed E-state index contributed by atoms with van der Waals surface area (Å²) >= 11 is 6.53. The molecular formula is C14H15NO2S2. The molecule has 0 aromatic heterocycles. The maximum absolute atomic E-state index is 12.2. The van der Waals surface area contributed by atoms with Crippen molar-refractivity contribution in [1.82, 2.24) is 0 Å². The first-order valence-electron chi connectivity index (χ1n) is 6.14. The van der Waals surface area contributed by atoms with Crippen LogP contribution in [0.2, 0.25) is 0 Å². The van der Waals surface area contributed by atoms with E-state index in [1.165, 1.54) is 23.6 Å². The van der Waals surface area contributed by atoms with E-state index in [2.05, 4.69) is 6.92 Å². The summed E-state index contributed by atoms with van der Waals surface area (Å²) in [6, 6.07) is 7.88. The van der Waals surface area contributed by atoms with Crippen LogP contribution in [0.3, 0.4) is 0 Å². The van der Waals surface area contributed by atoms with Gasteiger partial charge in [0.1, 0.15) is 11.2 Å². The van der Waals surface area contributed by atoms with Gasteiger partial charge in [-0.3, -0.25) is 9.69 Å². The van der Waals surface area contributed by atoms with Crippen molar-refractivity contribution < 1.29 is 9.53 Å². The SMILES string of the molecule is CCO/C=C1/SC(=S)N(c2ccc(CC)cc2)C1=O. The van der Waals surface area contributed by atoms with Gasteiger partial charge in [0.25, 0.3) is 5.91 Å². The number of thioether (sulfide) groups is 1. The molecule has 1 aliphatic heterocycles. The van der Waals surface area contributed by atoms with Crippen molar-refractivity contribution in [2.24, 2.45) is 0 Å². The number of thiocarbonyl (C=S) groups is 1. The first-order chi connectivity index (χ1) is 9.17. The second kappa shape index (κ2) is 6.21. The first-order valence-corrected chi connectivity index (χ1v) is 7.36. The number of hydrogen-bond acceptors (Lipinski definition) is 4. The number of anilines is 1. The van der Waals surface area contributed by atoms with Crippen molar-refractivity contribution in [1.29, 1.82) is 0 Å². The van der Waals surface area contributed by atoms with Gasteiger partial charge in [-0.2, -0.15) is 0 Å². The molecule has 1 saturated heterocycles. The van der Waals surface area contributed by atoms with Crippen molar-refractivity contribution >= 4 is 39.9 Å². The molecule has 0 N–H and O–H groups in total. The molecule has 5 heteroatoms. The summed E-state index contributed by atoms with van der Waals surface area (Å²) in [4.78, 5) is 14.3. The summed E-state index contributed by atoms with van der Waals surface area (Å²) in [5.41, 5.74) is 2.04. The average molecular weight is 293 g/mol. The third kappa shape index (κ3) is 2.98. The van der Waals surface area contributed by atoms with Crippen LogP contribution in [0.4, 0.5) is 5.69 Å². The Balaban J connectivity index is 2.24. The van der Waals surface area contributed by atoms with E-state index in [-0.39, 0.29) is 5.91 Å². The lowest BCUT2D eigenvalue weighted by Gasteiger charge is -2.14. The number of ether oxygens (including phenoxy) is 1. The third-order valence-electron chi connectivity index (χ3n) is 2.75. The second-order valence-electron chi connectivity index (χ2n) is 3.97. The van der Waals surface area contributed by atoms with Crippen molar-refractivity contribution in [2.45, 2.75) is 20.3 Å². The van der Waals surface area contributed by atoms with Gasteiger partial charge < -0.3 is 4.74 Å². The lowest BCUT2D eigenvalue weighted by atomic mass is 10.1. The molecule has 0 bridgehead atoms. The van der Waals surface area contributed by atoms with Crippen LogP contribution in [0.1, 0.15) is 19.4 Å². The number of amides is 1. The van der Waals surface area contributed by atoms with E-state index in [1.807, 2.05) is 31.2 Å². The molecule has 1 aromatic carbocycles. The molecule has 1 aliphatic rings. The Morgan fingerprint density at radius 3 is 2.58 bits per heavy atom. The van der Waals surface area contributed by atoms with E-state index in [0.717, 1.165) is 12.1 Å². The molecule has 1 aromatic rings. The minimum atomic E-state index is -0.118. The van der Waals surface area contributed by atoms with E-state index < -0.39 is 0 Å². The van der Waals surface area contributed by atoms with Crippen LogP contribution in [-0.4, -0.2) is 16.8 Å². The van der Waals surface area contributed by atoms with Crippen molar-refractivity contribution in [3.05, 3.63) is 41.0 Å². The molecule has 2 rings (SSSR count). The van der Waals surface area contributed by atoms with Gasteiger partial charge >= 0.3 is 0 Å². The quantitative estimate of drug-likeness (QED) is 0.483. The van der Waals surface area contributed by atoms with Gasteiger partial charge in [-0.05, 0) is 31.0 Å². The second-order valence-corrected chi connectivity index (χ2v) is 5.64. The molecule has 3 nitrogen and oxygen atoms in total. The summed E-state index contributed by atoms with van der Waals surface area (Å²) in [7, 11) is 0. The van der Waals surface area contributed by atoms with Crippen LogP contribution in [0.15, 0.2) is 35.4 Å². The van der Waals surface area contributed by atoms with Gasteiger partial charge in [0.15, 0.2) is 4.32 Å². The molecule has 0 radical (unpaired) electrons. The van der Waals surface area contributed by atoms with Crippen LogP contribution < -0.4 is 4.90 Å². The van der Waals surface area contributed by atoms with Gasteiger partial charge in [-0.25, -0.2) is 0 Å². The first kappa shape index (κ1) is 14.1. The Labute approximate surface area is 122 Å². The topological polar surface area (TPSA) is 29.5 Å². The van der Waals surface area contributed by atoms with Gasteiger partial charge in [0.2, 0.25) is 0 Å². The number of hydrogen-bond donors (Lipinski definition) is 0. The van der Waals surface area contributed by atoms with Crippen molar-refractivity contribution in [3.8, 4) is 0 Å². The minimum Gasteiger partial charge on any atom is -0.500 e. The highest BCUT2D eigenvalue weighted by Crippen LogP contribution is 2.34. The van der Waals surface area contributed by atoms with Crippen molar-refractivity contribution in [3.63, 3.8) is 0 Å². The Kier molecular flexibility index (Phi) is 4.61. The molecule has 0 unspecified atom stereocenters. The highest BCUT2D eigenvalue weighted by molar-refractivity contribution is 8.27. The number of carbonyl (C=O) groups is 1. The number of nitrogens with zero attached hydrogens (tertiary/aromatic N) is 1. The monoisotopic (exact) mass is 293 g/mol. The van der Waals surface area contributed by atoms with Crippen LogP contribution in [0.25, 0.3) is 0 Å². The number of aryl methyl sites for hydroxylation is 1. The molecule has 1 heterocycles. The van der Waals surface area contributed by atoms with Crippen LogP contribution in [-0.2, 0) is 16.0 Å². The van der Waals surface area contributed by atoms with E-state index >= 15 is 0 Å². The lowest BCUT2D eigenvalue weighted by molar-refractivity contribution is -0.113. The van der Waals surface area contributed by atoms with Crippen LogP contribution in [0, 0.1) is 0 Å². The molecule has 100 valence electrons. The van der Waals surface area contributed by atoms with E-state index in [1.54, 1.807) is 4.90 Å². The molecule has 0 aliphatic carbocycles. The summed E-state index contributed by atoms with van der Waals surface area (Å²) in [6.07, 6.45) is 2.46. The van der Waals surface area contributed by atoms with Crippen molar-refractivity contribution in [2.75, 3.05) is 11.5 Å². The zero-order valence-corrected chi connectivity index (χ0v) is 12.5.